The van der Waals surface area contributed by atoms with E-state index < -0.39 is 11.6 Å². The molecule has 1 fully saturated rings. The van der Waals surface area contributed by atoms with Gasteiger partial charge in [-0.15, -0.1) is 10.2 Å². The van der Waals surface area contributed by atoms with E-state index in [1.165, 1.54) is 12.1 Å². The number of halogens is 2. The number of aromatic nitrogens is 4. The van der Waals surface area contributed by atoms with Gasteiger partial charge in [-0.2, -0.15) is 0 Å². The number of imidazole rings is 1. The lowest BCUT2D eigenvalue weighted by Crippen LogP contribution is -2.27. The monoisotopic (exact) mass is 355 g/mol. The molecule has 0 saturated heterocycles. The van der Waals surface area contributed by atoms with Crippen LogP contribution in [-0.4, -0.2) is 25.8 Å². The third-order valence-corrected chi connectivity index (χ3v) is 4.86. The molecule has 134 valence electrons. The maximum absolute atomic E-state index is 13.5. The molecule has 3 aromatic rings. The van der Waals surface area contributed by atoms with Crippen molar-refractivity contribution in [2.75, 3.05) is 5.32 Å². The van der Waals surface area contributed by atoms with Crippen molar-refractivity contribution >= 4 is 5.82 Å². The van der Waals surface area contributed by atoms with E-state index in [1.54, 1.807) is 23.2 Å². The van der Waals surface area contributed by atoms with Gasteiger partial charge in [0.25, 0.3) is 0 Å². The van der Waals surface area contributed by atoms with Gasteiger partial charge in [0.15, 0.2) is 17.5 Å². The van der Waals surface area contributed by atoms with Crippen LogP contribution in [0.15, 0.2) is 49.1 Å². The van der Waals surface area contributed by atoms with Crippen LogP contribution in [0.1, 0.15) is 37.2 Å². The van der Waals surface area contributed by atoms with Crippen LogP contribution in [0.25, 0.3) is 5.82 Å². The van der Waals surface area contributed by atoms with E-state index in [9.17, 15) is 8.78 Å². The second-order valence-corrected chi connectivity index (χ2v) is 6.63. The average Bonchev–Trinajstić information content (AvgIpc) is 3.20. The first-order valence-corrected chi connectivity index (χ1v) is 8.72. The van der Waals surface area contributed by atoms with Crippen LogP contribution < -0.4 is 5.32 Å². The maximum Gasteiger partial charge on any atom is 0.160 e. The number of benzene rings is 1. The van der Waals surface area contributed by atoms with E-state index in [4.69, 9.17) is 0 Å². The van der Waals surface area contributed by atoms with Crippen molar-refractivity contribution in [3.63, 3.8) is 0 Å². The Labute approximate surface area is 150 Å². The van der Waals surface area contributed by atoms with E-state index in [1.807, 2.05) is 18.3 Å². The first-order valence-electron chi connectivity index (χ1n) is 8.72. The molecule has 1 aliphatic rings. The molecule has 0 spiro atoms. The highest BCUT2D eigenvalue weighted by atomic mass is 19.2. The summed E-state index contributed by atoms with van der Waals surface area (Å²) in [4.78, 5) is 3.99. The van der Waals surface area contributed by atoms with Crippen LogP contribution >= 0.6 is 0 Å². The van der Waals surface area contributed by atoms with E-state index >= 15 is 0 Å². The largest absolute Gasteiger partial charge is 0.366 e. The van der Waals surface area contributed by atoms with Crippen molar-refractivity contribution in [2.24, 2.45) is 0 Å². The molecule has 2 heterocycles. The van der Waals surface area contributed by atoms with E-state index in [-0.39, 0.29) is 12.0 Å². The van der Waals surface area contributed by atoms with Crippen molar-refractivity contribution in [1.29, 1.82) is 0 Å². The highest BCUT2D eigenvalue weighted by molar-refractivity contribution is 5.38. The summed E-state index contributed by atoms with van der Waals surface area (Å²) in [5.41, 5.74) is 0.858. The number of hydrogen-bond donors (Lipinski definition) is 1. The molecule has 26 heavy (non-hydrogen) atoms. The third-order valence-electron chi connectivity index (χ3n) is 4.86. The van der Waals surface area contributed by atoms with Crippen LogP contribution in [0.2, 0.25) is 0 Å². The van der Waals surface area contributed by atoms with E-state index in [2.05, 4.69) is 20.5 Å². The van der Waals surface area contributed by atoms with Gasteiger partial charge in [-0.1, -0.05) is 12.5 Å². The Morgan fingerprint density at radius 1 is 1.04 bits per heavy atom. The Hall–Kier alpha value is -2.83. The molecule has 7 heteroatoms. The minimum atomic E-state index is -0.799. The maximum atomic E-state index is 13.5. The van der Waals surface area contributed by atoms with Gasteiger partial charge in [-0.25, -0.2) is 13.8 Å². The number of hydrogen-bond acceptors (Lipinski definition) is 4. The van der Waals surface area contributed by atoms with Gasteiger partial charge in [0.1, 0.15) is 12.1 Å². The number of rotatable bonds is 4. The molecule has 4 rings (SSSR count). The second kappa shape index (κ2) is 7.19. The smallest absolute Gasteiger partial charge is 0.160 e. The van der Waals surface area contributed by atoms with Gasteiger partial charge in [-0.05, 0) is 55.0 Å². The van der Waals surface area contributed by atoms with Crippen LogP contribution in [0.4, 0.5) is 14.6 Å². The van der Waals surface area contributed by atoms with Gasteiger partial charge in [-0.3, -0.25) is 4.57 Å². The Kier molecular flexibility index (Phi) is 4.60. The van der Waals surface area contributed by atoms with Crippen molar-refractivity contribution in [1.82, 2.24) is 19.7 Å². The van der Waals surface area contributed by atoms with Gasteiger partial charge in [0, 0.05) is 18.4 Å². The molecule has 0 radical (unpaired) electrons. The summed E-state index contributed by atoms with van der Waals surface area (Å²) in [5.74, 6) is 0.0571. The van der Waals surface area contributed by atoms with Crippen LogP contribution in [0, 0.1) is 11.6 Å². The van der Waals surface area contributed by atoms with Gasteiger partial charge in [0.2, 0.25) is 0 Å². The molecular formula is C19H19F2N5. The lowest BCUT2D eigenvalue weighted by atomic mass is 9.81. The predicted molar refractivity (Wildman–Crippen MR) is 94.1 cm³/mol. The van der Waals surface area contributed by atoms with Gasteiger partial charge < -0.3 is 5.32 Å². The first-order chi connectivity index (χ1) is 12.7. The molecule has 2 aromatic heterocycles. The zero-order valence-electron chi connectivity index (χ0n) is 14.1. The summed E-state index contributed by atoms with van der Waals surface area (Å²) in [6.07, 6.45) is 9.06. The average molecular weight is 355 g/mol. The Balaban J connectivity index is 1.42. The molecule has 2 unspecified atom stereocenters. The molecule has 1 saturated carbocycles. The van der Waals surface area contributed by atoms with E-state index in [0.717, 1.165) is 31.2 Å². The summed E-state index contributed by atoms with van der Waals surface area (Å²) in [7, 11) is 0. The van der Waals surface area contributed by atoms with Gasteiger partial charge in [0.05, 0.1) is 0 Å². The van der Waals surface area contributed by atoms with Crippen molar-refractivity contribution in [3.8, 4) is 5.82 Å². The first kappa shape index (κ1) is 16.6. The quantitative estimate of drug-likeness (QED) is 0.766. The zero-order valence-corrected chi connectivity index (χ0v) is 14.1. The van der Waals surface area contributed by atoms with Crippen molar-refractivity contribution in [2.45, 2.75) is 37.6 Å². The summed E-state index contributed by atoms with van der Waals surface area (Å²) in [6, 6.07) is 8.22. The fourth-order valence-corrected chi connectivity index (χ4v) is 3.53. The molecule has 1 N–H and O–H groups in total. The topological polar surface area (TPSA) is 55.6 Å². The molecule has 0 aliphatic heterocycles. The van der Waals surface area contributed by atoms with Crippen molar-refractivity contribution < 1.29 is 8.78 Å². The molecule has 1 aromatic carbocycles. The number of anilines is 1. The molecule has 1 aliphatic carbocycles. The zero-order chi connectivity index (χ0) is 17.9. The number of nitrogens with one attached hydrogen (secondary N) is 1. The Morgan fingerprint density at radius 3 is 2.69 bits per heavy atom. The van der Waals surface area contributed by atoms with Crippen LogP contribution in [-0.2, 0) is 0 Å². The normalized spacial score (nSPS) is 20.1. The summed E-state index contributed by atoms with van der Waals surface area (Å²) in [6.45, 7) is 0. The Morgan fingerprint density at radius 2 is 1.96 bits per heavy atom. The standard InChI is InChI=1S/C19H19F2N5/c20-16-5-4-14(11-17(16)21)13-2-1-3-15(10-13)23-18-6-7-19(25-24-18)26-9-8-22-12-26/h4-9,11-13,15H,1-3,10H2,(H,23,24). The molecule has 0 amide bonds. The van der Waals surface area contributed by atoms with Crippen molar-refractivity contribution in [3.05, 3.63) is 66.3 Å². The minimum Gasteiger partial charge on any atom is -0.366 e. The predicted octanol–water partition coefficient (Wildman–Crippen LogP) is 4.08. The molecule has 2 atom stereocenters. The van der Waals surface area contributed by atoms with Crippen LogP contribution in [0.5, 0.6) is 0 Å². The second-order valence-electron chi connectivity index (χ2n) is 6.63. The summed E-state index contributed by atoms with van der Waals surface area (Å²) < 4.78 is 28.5. The third kappa shape index (κ3) is 3.56. The van der Waals surface area contributed by atoms with Crippen LogP contribution in [0.3, 0.4) is 0 Å². The summed E-state index contributed by atoms with van der Waals surface area (Å²) in [5, 5.41) is 11.9. The molecule has 5 nitrogen and oxygen atoms in total. The summed E-state index contributed by atoms with van der Waals surface area (Å²) >= 11 is 0. The molecular weight excluding hydrogens is 336 g/mol. The van der Waals surface area contributed by atoms with E-state index in [0.29, 0.717) is 11.6 Å². The fourth-order valence-electron chi connectivity index (χ4n) is 3.53. The van der Waals surface area contributed by atoms with Gasteiger partial charge >= 0.3 is 0 Å². The fraction of sp³-hybridized carbons (Fsp3) is 0.316. The minimum absolute atomic E-state index is 0.217. The lowest BCUT2D eigenvalue weighted by Gasteiger charge is -2.30. The lowest BCUT2D eigenvalue weighted by molar-refractivity contribution is 0.407. The highest BCUT2D eigenvalue weighted by Gasteiger charge is 2.24. The number of nitrogens with zero attached hydrogens (tertiary/aromatic N) is 4. The molecule has 0 bridgehead atoms. The highest BCUT2D eigenvalue weighted by Crippen LogP contribution is 2.34. The Bertz CT molecular complexity index is 864. The SMILES string of the molecule is Fc1ccc(C2CCCC(Nc3ccc(-n4ccnc4)nn3)C2)cc1F.